The number of amides is 1. The molecule has 1 aromatic heterocycles. The van der Waals surface area contributed by atoms with Gasteiger partial charge in [-0.05, 0) is 54.3 Å². The van der Waals surface area contributed by atoms with E-state index in [0.29, 0.717) is 33.6 Å². The number of anilines is 1. The Balaban J connectivity index is 1.36. The van der Waals surface area contributed by atoms with Gasteiger partial charge in [-0.25, -0.2) is 0 Å². The van der Waals surface area contributed by atoms with Crippen molar-refractivity contribution in [3.05, 3.63) is 142 Å². The van der Waals surface area contributed by atoms with Crippen LogP contribution in [0.4, 0.5) is 5.13 Å². The van der Waals surface area contributed by atoms with Gasteiger partial charge in [0, 0.05) is 11.3 Å². The van der Waals surface area contributed by atoms with Gasteiger partial charge in [-0.3, -0.25) is 14.5 Å². The van der Waals surface area contributed by atoms with Crippen LogP contribution in [0.25, 0.3) is 5.76 Å². The van der Waals surface area contributed by atoms with Gasteiger partial charge in [0.2, 0.25) is 5.13 Å². The van der Waals surface area contributed by atoms with E-state index in [0.717, 1.165) is 22.3 Å². The van der Waals surface area contributed by atoms with Crippen LogP contribution >= 0.6 is 23.1 Å². The third kappa shape index (κ3) is 6.15. The Kier molecular flexibility index (Phi) is 8.58. The van der Waals surface area contributed by atoms with Crippen molar-refractivity contribution in [2.75, 3.05) is 4.90 Å². The van der Waals surface area contributed by atoms with E-state index in [4.69, 9.17) is 4.74 Å². The number of rotatable bonds is 9. The molecule has 2 heterocycles. The molecule has 1 aliphatic heterocycles. The molecule has 9 heteroatoms. The summed E-state index contributed by atoms with van der Waals surface area (Å²) in [7, 11) is 0. The summed E-state index contributed by atoms with van der Waals surface area (Å²) in [6, 6.07) is 31.8. The topological polar surface area (TPSA) is 92.6 Å². The van der Waals surface area contributed by atoms with Crippen LogP contribution in [-0.2, 0) is 21.9 Å². The molecule has 0 spiro atoms. The highest BCUT2D eigenvalue weighted by atomic mass is 32.2. The smallest absolute Gasteiger partial charge is 0.301 e. The number of aromatic nitrogens is 2. The van der Waals surface area contributed by atoms with E-state index in [2.05, 4.69) is 10.2 Å². The van der Waals surface area contributed by atoms with Gasteiger partial charge in [0.05, 0.1) is 11.6 Å². The van der Waals surface area contributed by atoms with E-state index in [9.17, 15) is 14.7 Å². The molecule has 1 unspecified atom stereocenters. The van der Waals surface area contributed by atoms with Crippen LogP contribution in [0.3, 0.4) is 0 Å². The molecule has 6 rings (SSSR count). The molecule has 7 nitrogen and oxygen atoms in total. The number of hydrogen-bond acceptors (Lipinski definition) is 8. The summed E-state index contributed by atoms with van der Waals surface area (Å²) in [5.41, 5.74) is 5.04. The Bertz CT molecular complexity index is 1840. The fourth-order valence-electron chi connectivity index (χ4n) is 5.05. The van der Waals surface area contributed by atoms with Crippen LogP contribution in [-0.4, -0.2) is 27.0 Å². The zero-order valence-corrected chi connectivity index (χ0v) is 25.8. The summed E-state index contributed by atoms with van der Waals surface area (Å²) in [5, 5.41) is 20.5. The zero-order valence-electron chi connectivity index (χ0n) is 24.1. The summed E-state index contributed by atoms with van der Waals surface area (Å²) in [5.74, 6) is -0.424. The van der Waals surface area contributed by atoms with Crippen LogP contribution in [0.5, 0.6) is 5.75 Å². The second-order valence-corrected chi connectivity index (χ2v) is 12.6. The number of carbonyl (C=O) groups excluding carboxylic acids is 2. The second-order valence-electron chi connectivity index (χ2n) is 10.5. The number of thioether (sulfide) groups is 1. The van der Waals surface area contributed by atoms with Gasteiger partial charge < -0.3 is 9.84 Å². The van der Waals surface area contributed by atoms with Crippen molar-refractivity contribution < 1.29 is 19.4 Å². The molecule has 0 bridgehead atoms. The van der Waals surface area contributed by atoms with Crippen molar-refractivity contribution in [3.8, 4) is 5.75 Å². The van der Waals surface area contributed by atoms with Crippen LogP contribution in [0.2, 0.25) is 0 Å². The van der Waals surface area contributed by atoms with Crippen LogP contribution in [0.1, 0.15) is 39.4 Å². The molecule has 220 valence electrons. The van der Waals surface area contributed by atoms with Crippen LogP contribution in [0, 0.1) is 13.8 Å². The maximum absolute atomic E-state index is 13.6. The second kappa shape index (κ2) is 12.9. The van der Waals surface area contributed by atoms with E-state index in [-0.39, 0.29) is 16.5 Å². The third-order valence-electron chi connectivity index (χ3n) is 7.34. The van der Waals surface area contributed by atoms with E-state index < -0.39 is 17.7 Å². The highest BCUT2D eigenvalue weighted by molar-refractivity contribution is 8.00. The number of nitrogens with zero attached hydrogens (tertiary/aromatic N) is 3. The lowest BCUT2D eigenvalue weighted by molar-refractivity contribution is -0.132. The van der Waals surface area contributed by atoms with Crippen molar-refractivity contribution >= 4 is 45.7 Å². The van der Waals surface area contributed by atoms with Gasteiger partial charge >= 0.3 is 5.91 Å². The first-order valence-electron chi connectivity index (χ1n) is 14.0. The number of benzene rings is 4. The highest BCUT2D eigenvalue weighted by Crippen LogP contribution is 2.44. The highest BCUT2D eigenvalue weighted by Gasteiger charge is 2.48. The SMILES string of the molecule is Cc1ccc(C)c(/C(O)=C2\C(=O)C(=O)N(c3nnc(SCc4ccccc4)s3)C2c2ccc(OCc3ccccc3)cc2)c1. The molecule has 0 aliphatic carbocycles. The number of ether oxygens (including phenoxy) is 1. The van der Waals surface area contributed by atoms with Gasteiger partial charge in [-0.2, -0.15) is 0 Å². The minimum atomic E-state index is -0.905. The lowest BCUT2D eigenvalue weighted by atomic mass is 9.93. The van der Waals surface area contributed by atoms with Crippen molar-refractivity contribution in [2.24, 2.45) is 0 Å². The third-order valence-corrected chi connectivity index (χ3v) is 9.47. The maximum Gasteiger partial charge on any atom is 0.301 e. The monoisotopic (exact) mass is 619 g/mol. The summed E-state index contributed by atoms with van der Waals surface area (Å²) < 4.78 is 6.64. The molecule has 1 aliphatic rings. The Labute approximate surface area is 263 Å². The number of hydrogen-bond donors (Lipinski definition) is 1. The first-order chi connectivity index (χ1) is 21.4. The Morgan fingerprint density at radius 3 is 2.27 bits per heavy atom. The quantitative estimate of drug-likeness (QED) is 0.0596. The molecular formula is C35H29N3O4S2. The molecule has 5 aromatic rings. The number of aliphatic hydroxyl groups excluding tert-OH is 1. The predicted octanol–water partition coefficient (Wildman–Crippen LogP) is 7.65. The predicted molar refractivity (Wildman–Crippen MR) is 174 cm³/mol. The minimum absolute atomic E-state index is 0.00958. The lowest BCUT2D eigenvalue weighted by Crippen LogP contribution is -2.29. The largest absolute Gasteiger partial charge is 0.507 e. The zero-order chi connectivity index (χ0) is 30.6. The van der Waals surface area contributed by atoms with Crippen molar-refractivity contribution in [1.29, 1.82) is 0 Å². The molecule has 4 aromatic carbocycles. The maximum atomic E-state index is 13.6. The van der Waals surface area contributed by atoms with Gasteiger partial charge in [0.25, 0.3) is 5.78 Å². The minimum Gasteiger partial charge on any atom is -0.507 e. The van der Waals surface area contributed by atoms with Crippen molar-refractivity contribution in [1.82, 2.24) is 10.2 Å². The molecule has 1 atom stereocenters. The van der Waals surface area contributed by atoms with Gasteiger partial charge in [0.1, 0.15) is 18.1 Å². The van der Waals surface area contributed by atoms with Crippen LogP contribution < -0.4 is 9.64 Å². The van der Waals surface area contributed by atoms with E-state index in [1.807, 2.05) is 105 Å². The normalized spacial score (nSPS) is 16.0. The molecule has 0 radical (unpaired) electrons. The van der Waals surface area contributed by atoms with E-state index in [1.165, 1.54) is 28.0 Å². The summed E-state index contributed by atoms with van der Waals surface area (Å²) in [4.78, 5) is 28.6. The Hall–Kier alpha value is -4.73. The molecule has 0 saturated carbocycles. The molecule has 1 fully saturated rings. The fourth-order valence-corrected chi connectivity index (χ4v) is 6.87. The van der Waals surface area contributed by atoms with E-state index in [1.54, 1.807) is 12.1 Å². The number of ketones is 1. The van der Waals surface area contributed by atoms with Crippen LogP contribution in [0.15, 0.2) is 113 Å². The molecule has 1 amide bonds. The molecular weight excluding hydrogens is 591 g/mol. The number of Topliss-reactive ketones (excluding diaryl/α,β-unsaturated/α-hetero) is 1. The van der Waals surface area contributed by atoms with Gasteiger partial charge in [-0.1, -0.05) is 114 Å². The summed E-state index contributed by atoms with van der Waals surface area (Å²) >= 11 is 2.75. The van der Waals surface area contributed by atoms with Crippen molar-refractivity contribution in [3.63, 3.8) is 0 Å². The number of aliphatic hydroxyl groups is 1. The first-order valence-corrected chi connectivity index (χ1v) is 15.8. The Morgan fingerprint density at radius 1 is 0.886 bits per heavy atom. The van der Waals surface area contributed by atoms with Gasteiger partial charge in [-0.15, -0.1) is 10.2 Å². The van der Waals surface area contributed by atoms with Gasteiger partial charge in [0.15, 0.2) is 4.34 Å². The summed E-state index contributed by atoms with van der Waals surface area (Å²) in [6.07, 6.45) is 0. The number of aryl methyl sites for hydroxylation is 2. The van der Waals surface area contributed by atoms with E-state index >= 15 is 0 Å². The van der Waals surface area contributed by atoms with Crippen molar-refractivity contribution in [2.45, 2.75) is 36.6 Å². The summed E-state index contributed by atoms with van der Waals surface area (Å²) in [6.45, 7) is 4.18. The number of carbonyl (C=O) groups is 2. The standard InChI is InChI=1S/C35H29N3O4S2/c1-22-13-14-23(2)28(19-22)31(39)29-30(26-15-17-27(18-16-26)42-20-24-9-5-3-6-10-24)38(33(41)32(29)40)34-36-37-35(44-34)43-21-25-11-7-4-8-12-25/h3-19,30,39H,20-21H2,1-2H3/b31-29+. The lowest BCUT2D eigenvalue weighted by Gasteiger charge is -2.23. The first kappa shape index (κ1) is 29.3. The molecule has 44 heavy (non-hydrogen) atoms. The Morgan fingerprint density at radius 2 is 1.57 bits per heavy atom. The fraction of sp³-hybridized carbons (Fsp3) is 0.143. The average molecular weight is 620 g/mol. The average Bonchev–Trinajstić information content (AvgIpc) is 3.62. The molecule has 1 saturated heterocycles. The molecule has 1 N–H and O–H groups in total.